The fraction of sp³-hybridized carbons (Fsp3) is 0.417. The highest BCUT2D eigenvalue weighted by Crippen LogP contribution is 2.29. The monoisotopic (exact) mass is 409 g/mol. The molecule has 0 bridgehead atoms. The number of carbonyl (C=O) groups excluding carboxylic acids is 1. The zero-order valence-corrected chi connectivity index (χ0v) is 17.7. The third-order valence-corrected chi connectivity index (χ3v) is 6.35. The Labute approximate surface area is 177 Å². The molecule has 1 atom stereocenters. The van der Waals surface area contributed by atoms with Gasteiger partial charge in [-0.15, -0.1) is 0 Å². The van der Waals surface area contributed by atoms with Crippen molar-refractivity contribution < 1.29 is 4.79 Å². The normalized spacial score (nSPS) is 16.1. The van der Waals surface area contributed by atoms with E-state index in [1.54, 1.807) is 12.1 Å². The number of hydrogen-bond acceptors (Lipinski definition) is 2. The number of para-hydroxylation sites is 2. The standard InChI is InChI=1S/C24H28ClN3O/c1-17(26-24(29)19-11-5-6-12-20(19)25)23-27-21-13-7-8-14-22(21)28(23)16-15-18-9-3-2-4-10-18/h5-8,11-14,17-18H,2-4,9-10,15-16H2,1H3,(H,26,29). The van der Waals surface area contributed by atoms with Gasteiger partial charge in [-0.25, -0.2) is 4.98 Å². The number of halogens is 1. The van der Waals surface area contributed by atoms with E-state index in [4.69, 9.17) is 16.6 Å². The van der Waals surface area contributed by atoms with E-state index < -0.39 is 0 Å². The van der Waals surface area contributed by atoms with Crippen LogP contribution in [0, 0.1) is 5.92 Å². The molecule has 1 amide bonds. The molecule has 1 heterocycles. The Hall–Kier alpha value is -2.33. The number of amides is 1. The summed E-state index contributed by atoms with van der Waals surface area (Å²) in [5.41, 5.74) is 2.60. The minimum absolute atomic E-state index is 0.172. The van der Waals surface area contributed by atoms with E-state index in [0.29, 0.717) is 10.6 Å². The van der Waals surface area contributed by atoms with Crippen LogP contribution in [0.5, 0.6) is 0 Å². The summed E-state index contributed by atoms with van der Waals surface area (Å²) in [6.07, 6.45) is 7.92. The minimum Gasteiger partial charge on any atom is -0.342 e. The van der Waals surface area contributed by atoms with Crippen molar-refractivity contribution in [1.82, 2.24) is 14.9 Å². The number of benzene rings is 2. The lowest BCUT2D eigenvalue weighted by molar-refractivity contribution is 0.0937. The first-order valence-corrected chi connectivity index (χ1v) is 11.0. The number of nitrogens with zero attached hydrogens (tertiary/aromatic N) is 2. The van der Waals surface area contributed by atoms with Crippen LogP contribution in [0.25, 0.3) is 11.0 Å². The molecular weight excluding hydrogens is 382 g/mol. The van der Waals surface area contributed by atoms with Crippen molar-refractivity contribution in [1.29, 1.82) is 0 Å². The van der Waals surface area contributed by atoms with Gasteiger partial charge < -0.3 is 9.88 Å². The first kappa shape index (κ1) is 20.0. The lowest BCUT2D eigenvalue weighted by atomic mass is 9.87. The molecule has 0 radical (unpaired) electrons. The number of imidazole rings is 1. The number of nitrogens with one attached hydrogen (secondary N) is 1. The number of aromatic nitrogens is 2. The molecule has 1 aliphatic rings. The number of hydrogen-bond donors (Lipinski definition) is 1. The molecule has 1 unspecified atom stereocenters. The molecule has 3 aromatic rings. The quantitative estimate of drug-likeness (QED) is 0.530. The number of aryl methyl sites for hydroxylation is 1. The summed E-state index contributed by atoms with van der Waals surface area (Å²) >= 11 is 6.20. The van der Waals surface area contributed by atoms with Gasteiger partial charge in [-0.05, 0) is 43.5 Å². The Morgan fingerprint density at radius 2 is 1.86 bits per heavy atom. The second-order valence-corrected chi connectivity index (χ2v) is 8.49. The van der Waals surface area contributed by atoms with Crippen LogP contribution in [0.2, 0.25) is 5.02 Å². The van der Waals surface area contributed by atoms with Crippen molar-refractivity contribution in [2.75, 3.05) is 0 Å². The lowest BCUT2D eigenvalue weighted by Gasteiger charge is -2.23. The first-order valence-electron chi connectivity index (χ1n) is 10.6. The van der Waals surface area contributed by atoms with Crippen LogP contribution in [0.15, 0.2) is 48.5 Å². The highest BCUT2D eigenvalue weighted by atomic mass is 35.5. The molecule has 1 fully saturated rings. The van der Waals surface area contributed by atoms with Crippen LogP contribution in [-0.4, -0.2) is 15.5 Å². The summed E-state index contributed by atoms with van der Waals surface area (Å²) in [6, 6.07) is 15.1. The largest absolute Gasteiger partial charge is 0.342 e. The Morgan fingerprint density at radius 3 is 2.66 bits per heavy atom. The number of rotatable bonds is 6. The Bertz CT molecular complexity index is 991. The van der Waals surface area contributed by atoms with Crippen molar-refractivity contribution in [3.8, 4) is 0 Å². The summed E-state index contributed by atoms with van der Waals surface area (Å²) in [5.74, 6) is 1.53. The predicted molar refractivity (Wildman–Crippen MR) is 118 cm³/mol. The van der Waals surface area contributed by atoms with Crippen LogP contribution in [-0.2, 0) is 6.54 Å². The van der Waals surface area contributed by atoms with Gasteiger partial charge in [0.1, 0.15) is 5.82 Å². The molecule has 0 saturated heterocycles. The fourth-order valence-electron chi connectivity index (χ4n) is 4.43. The predicted octanol–water partition coefficient (Wildman–Crippen LogP) is 6.15. The fourth-order valence-corrected chi connectivity index (χ4v) is 4.65. The molecule has 1 aliphatic carbocycles. The van der Waals surface area contributed by atoms with Crippen molar-refractivity contribution >= 4 is 28.5 Å². The van der Waals surface area contributed by atoms with E-state index in [1.807, 2.05) is 31.2 Å². The van der Waals surface area contributed by atoms with Gasteiger partial charge >= 0.3 is 0 Å². The van der Waals surface area contributed by atoms with Gasteiger partial charge in [0, 0.05) is 6.54 Å². The SMILES string of the molecule is CC(NC(=O)c1ccccc1Cl)c1nc2ccccc2n1CCC1CCCCC1. The maximum atomic E-state index is 12.7. The van der Waals surface area contributed by atoms with Crippen LogP contribution in [0.4, 0.5) is 0 Å². The Kier molecular flexibility index (Phi) is 6.19. The third-order valence-electron chi connectivity index (χ3n) is 6.02. The molecule has 4 rings (SSSR count). The van der Waals surface area contributed by atoms with Crippen LogP contribution < -0.4 is 5.32 Å². The molecule has 152 valence electrons. The molecule has 0 aliphatic heterocycles. The maximum Gasteiger partial charge on any atom is 0.253 e. The Balaban J connectivity index is 1.56. The zero-order chi connectivity index (χ0) is 20.2. The average Bonchev–Trinajstić information content (AvgIpc) is 3.12. The van der Waals surface area contributed by atoms with E-state index in [0.717, 1.165) is 29.3 Å². The Morgan fingerprint density at radius 1 is 1.14 bits per heavy atom. The van der Waals surface area contributed by atoms with E-state index in [9.17, 15) is 4.79 Å². The van der Waals surface area contributed by atoms with Crippen LogP contribution in [0.3, 0.4) is 0 Å². The average molecular weight is 410 g/mol. The van der Waals surface area contributed by atoms with Crippen molar-refractivity contribution in [2.45, 2.75) is 58.0 Å². The molecule has 4 nitrogen and oxygen atoms in total. The molecule has 1 N–H and O–H groups in total. The first-order chi connectivity index (χ1) is 14.1. The van der Waals surface area contributed by atoms with E-state index in [1.165, 1.54) is 38.5 Å². The summed E-state index contributed by atoms with van der Waals surface area (Å²) in [5, 5.41) is 3.55. The topological polar surface area (TPSA) is 46.9 Å². The highest BCUT2D eigenvalue weighted by Gasteiger charge is 2.21. The van der Waals surface area contributed by atoms with E-state index >= 15 is 0 Å². The molecular formula is C24H28ClN3O. The van der Waals surface area contributed by atoms with Gasteiger partial charge in [-0.3, -0.25) is 4.79 Å². The van der Waals surface area contributed by atoms with Gasteiger partial charge in [0.2, 0.25) is 0 Å². The summed E-state index contributed by atoms with van der Waals surface area (Å²) in [4.78, 5) is 17.6. The van der Waals surface area contributed by atoms with E-state index in [-0.39, 0.29) is 11.9 Å². The van der Waals surface area contributed by atoms with Gasteiger partial charge in [0.25, 0.3) is 5.91 Å². The van der Waals surface area contributed by atoms with Crippen molar-refractivity contribution in [3.63, 3.8) is 0 Å². The highest BCUT2D eigenvalue weighted by molar-refractivity contribution is 6.33. The molecule has 29 heavy (non-hydrogen) atoms. The molecule has 1 saturated carbocycles. The molecule has 1 aromatic heterocycles. The smallest absolute Gasteiger partial charge is 0.253 e. The summed E-state index contributed by atoms with van der Waals surface area (Å²) < 4.78 is 2.29. The second-order valence-electron chi connectivity index (χ2n) is 8.08. The van der Waals surface area contributed by atoms with Crippen molar-refractivity contribution in [3.05, 3.63) is 64.9 Å². The molecule has 0 spiro atoms. The summed E-state index contributed by atoms with van der Waals surface area (Å²) in [6.45, 7) is 2.93. The van der Waals surface area contributed by atoms with Gasteiger partial charge in [0.05, 0.1) is 27.7 Å². The zero-order valence-electron chi connectivity index (χ0n) is 16.9. The van der Waals surface area contributed by atoms with E-state index in [2.05, 4.69) is 22.0 Å². The van der Waals surface area contributed by atoms with Gasteiger partial charge in [-0.2, -0.15) is 0 Å². The van der Waals surface area contributed by atoms with Gasteiger partial charge in [0.15, 0.2) is 0 Å². The summed E-state index contributed by atoms with van der Waals surface area (Å²) in [7, 11) is 0. The molecule has 5 heteroatoms. The van der Waals surface area contributed by atoms with Crippen LogP contribution >= 0.6 is 11.6 Å². The third kappa shape index (κ3) is 4.48. The van der Waals surface area contributed by atoms with Crippen LogP contribution in [0.1, 0.15) is 67.7 Å². The maximum absolute atomic E-state index is 12.7. The van der Waals surface area contributed by atoms with Gasteiger partial charge in [-0.1, -0.05) is 68.0 Å². The van der Waals surface area contributed by atoms with Crippen molar-refractivity contribution in [2.24, 2.45) is 5.92 Å². The molecule has 2 aromatic carbocycles. The number of carbonyl (C=O) groups is 1. The lowest BCUT2D eigenvalue weighted by Crippen LogP contribution is -2.29. The minimum atomic E-state index is -0.211. The second kappa shape index (κ2) is 9.00. The number of fused-ring (bicyclic) bond motifs is 1.